The number of nitrogens with zero attached hydrogens (tertiary/aromatic N) is 1. The Bertz CT molecular complexity index is 2870. The van der Waals surface area contributed by atoms with Crippen molar-refractivity contribution < 1.29 is 67.6 Å². The number of carboxylic acid groups (broad SMARTS) is 3. The van der Waals surface area contributed by atoms with Crippen molar-refractivity contribution in [2.45, 2.75) is 95.8 Å². The van der Waals surface area contributed by atoms with E-state index in [-0.39, 0.29) is 58.4 Å². The quantitative estimate of drug-likeness (QED) is 0.0203. The molecule has 1 aromatic heterocycles. The van der Waals surface area contributed by atoms with Crippen LogP contribution in [0.3, 0.4) is 0 Å². The third-order valence-corrected chi connectivity index (χ3v) is 11.5. The summed E-state index contributed by atoms with van der Waals surface area (Å²) in [7, 11) is 0. The number of phenolic OH excluding ortho intramolecular Hbond substituents is 1. The van der Waals surface area contributed by atoms with Crippen LogP contribution in [0.2, 0.25) is 0 Å². The van der Waals surface area contributed by atoms with Crippen LogP contribution in [-0.4, -0.2) is 120 Å². The maximum absolute atomic E-state index is 13.7. The number of phenols is 1. The SMILES string of the molecule is CC(C)C[C@H](NC(=O)CCCCCNC(=S)Nc1ccc(-c2c3ccc(=O)cc-3oc3cc(O)ccc23)c(C(=O)O)c1)C(=O)N[C@@H](CCC(=O)O)C(=O)N[C@@H](Cc1cnc[nH]1)C(=O)N[C@@H](CC(=O)O)C(=O)CF. The zero-order chi connectivity index (χ0) is 53.4. The number of alkyl halides is 1. The van der Waals surface area contributed by atoms with E-state index >= 15 is 0 Å². The number of unbranched alkanes of at least 4 members (excludes halogenated alkanes) is 2. The van der Waals surface area contributed by atoms with Gasteiger partial charge in [0, 0.05) is 72.0 Å². The molecule has 22 nitrogen and oxygen atoms in total. The summed E-state index contributed by atoms with van der Waals surface area (Å²) in [6.07, 6.45) is 1.94. The van der Waals surface area contributed by atoms with Crippen molar-refractivity contribution in [1.82, 2.24) is 36.6 Å². The van der Waals surface area contributed by atoms with Gasteiger partial charge >= 0.3 is 17.9 Å². The molecule has 4 amide bonds. The van der Waals surface area contributed by atoms with Gasteiger partial charge in [0.1, 0.15) is 47.9 Å². The Hall–Kier alpha value is -8.28. The monoisotopic (exact) mass is 1030 g/mol. The maximum Gasteiger partial charge on any atom is 0.336 e. The van der Waals surface area contributed by atoms with Gasteiger partial charge in [0.15, 0.2) is 16.3 Å². The fourth-order valence-corrected chi connectivity index (χ4v) is 8.01. The number of halogens is 1. The summed E-state index contributed by atoms with van der Waals surface area (Å²) >= 11 is 5.46. The van der Waals surface area contributed by atoms with Crippen LogP contribution in [0, 0.1) is 5.92 Å². The summed E-state index contributed by atoms with van der Waals surface area (Å²) in [6, 6.07) is 7.22. The first-order valence-corrected chi connectivity index (χ1v) is 23.5. The molecule has 1 aliphatic carbocycles. The Kier molecular flexibility index (Phi) is 20.0. The third kappa shape index (κ3) is 16.4. The van der Waals surface area contributed by atoms with Crippen molar-refractivity contribution in [2.75, 3.05) is 18.5 Å². The molecular weight excluding hydrogens is 976 g/mol. The number of imidazole rings is 1. The molecule has 4 atom stereocenters. The van der Waals surface area contributed by atoms with Crippen molar-refractivity contribution in [1.29, 1.82) is 0 Å². The Morgan fingerprint density at radius 2 is 1.48 bits per heavy atom. The summed E-state index contributed by atoms with van der Waals surface area (Å²) < 4.78 is 19.1. The minimum Gasteiger partial charge on any atom is -0.508 e. The van der Waals surface area contributed by atoms with E-state index in [0.29, 0.717) is 59.3 Å². The normalized spacial score (nSPS) is 12.8. The number of carbonyl (C=O) groups is 8. The number of amides is 4. The molecule has 3 aromatic rings. The number of H-pyrrole nitrogens is 1. The van der Waals surface area contributed by atoms with Crippen LogP contribution in [0.5, 0.6) is 5.75 Å². The molecule has 0 saturated heterocycles. The van der Waals surface area contributed by atoms with E-state index in [1.54, 1.807) is 38.1 Å². The number of aromatic hydroxyl groups is 1. The molecule has 0 saturated carbocycles. The third-order valence-electron chi connectivity index (χ3n) is 11.3. The van der Waals surface area contributed by atoms with E-state index < -0.39 is 97.4 Å². The van der Waals surface area contributed by atoms with Crippen LogP contribution in [0.15, 0.2) is 76.3 Å². The number of aromatic carboxylic acids is 1. The first-order chi connectivity index (χ1) is 34.7. The van der Waals surface area contributed by atoms with Crippen LogP contribution in [0.4, 0.5) is 10.1 Å². The number of aromatic nitrogens is 2. The van der Waals surface area contributed by atoms with E-state index in [9.17, 15) is 68.0 Å². The van der Waals surface area contributed by atoms with E-state index in [4.69, 9.17) is 16.6 Å². The predicted molar refractivity (Wildman–Crippen MR) is 265 cm³/mol. The molecule has 1 aliphatic heterocycles. The van der Waals surface area contributed by atoms with Crippen molar-refractivity contribution >= 4 is 81.3 Å². The molecule has 388 valence electrons. The van der Waals surface area contributed by atoms with Gasteiger partial charge in [-0.3, -0.25) is 38.4 Å². The average molecular weight is 1030 g/mol. The molecule has 2 aromatic carbocycles. The summed E-state index contributed by atoms with van der Waals surface area (Å²) in [5.41, 5.74) is 1.82. The highest BCUT2D eigenvalue weighted by Crippen LogP contribution is 2.42. The summed E-state index contributed by atoms with van der Waals surface area (Å²) in [5, 5.41) is 55.5. The predicted octanol–water partition coefficient (Wildman–Crippen LogP) is 3.64. The molecule has 24 heteroatoms. The number of rotatable bonds is 27. The molecule has 0 spiro atoms. The minimum atomic E-state index is -1.77. The highest BCUT2D eigenvalue weighted by Gasteiger charge is 2.33. The fourth-order valence-electron chi connectivity index (χ4n) is 7.79. The fraction of sp³-hybridized carbons (Fsp3) is 0.367. The molecule has 11 N–H and O–H groups in total. The minimum absolute atomic E-state index is 0.00921. The number of carbonyl (C=O) groups excluding carboxylic acids is 5. The van der Waals surface area contributed by atoms with Gasteiger partial charge in [-0.15, -0.1) is 0 Å². The van der Waals surface area contributed by atoms with E-state index in [1.165, 1.54) is 42.9 Å². The number of thiocarbonyl (C=S) groups is 1. The van der Waals surface area contributed by atoms with Gasteiger partial charge in [0.2, 0.25) is 23.6 Å². The molecule has 0 unspecified atom stereocenters. The Labute approximate surface area is 421 Å². The standard InChI is InChI=1S/C49H55FN8O14S/c1-25(2)16-36(46(68)56-34(13-14-42(63)64)45(67)58-37(18-27-23-51-24-53-27)47(69)57-35(21-43(65)66)38(61)22-50)55-41(62)6-4-3-5-15-52-49(73)54-26-7-10-30(33(17-26)48(70)71)44-31-11-8-28(59)19-39(31)72-40-20-29(60)9-12-32(40)44/h7-12,17,19-20,23-25,34-37,59H,3-6,13-16,18,21-22H2,1-2H3,(H,51,53)(H,55,62)(H,56,68)(H,57,69)(H,58,67)(H,63,64)(H,65,66)(H,70,71)(H2,52,54,73)/t34-,35-,36-,37-/m0/s1. The number of fused-ring (bicyclic) bond motifs is 2. The number of anilines is 1. The number of aliphatic carboxylic acids is 2. The Morgan fingerprint density at radius 3 is 2.15 bits per heavy atom. The molecular formula is C49H55FN8O14S. The van der Waals surface area contributed by atoms with Crippen molar-refractivity contribution in [2.24, 2.45) is 5.92 Å². The highest BCUT2D eigenvalue weighted by atomic mass is 32.1. The van der Waals surface area contributed by atoms with Gasteiger partial charge in [-0.2, -0.15) is 0 Å². The molecule has 0 fully saturated rings. The average Bonchev–Trinajstić information content (AvgIpc) is 3.85. The van der Waals surface area contributed by atoms with Crippen molar-refractivity contribution in [3.8, 4) is 28.2 Å². The lowest BCUT2D eigenvalue weighted by Crippen LogP contribution is -2.58. The zero-order valence-corrected chi connectivity index (χ0v) is 40.4. The summed E-state index contributed by atoms with van der Waals surface area (Å²) in [6.45, 7) is 2.38. The van der Waals surface area contributed by atoms with Crippen molar-refractivity contribution in [3.05, 3.63) is 88.6 Å². The lowest BCUT2D eigenvalue weighted by molar-refractivity contribution is -0.141. The van der Waals surface area contributed by atoms with Crippen LogP contribution < -0.4 is 37.3 Å². The molecule has 5 rings (SSSR count). The molecule has 0 bridgehead atoms. The number of nitrogens with one attached hydrogen (secondary N) is 7. The van der Waals surface area contributed by atoms with Gasteiger partial charge in [0.25, 0.3) is 0 Å². The Balaban J connectivity index is 1.15. The number of carboxylic acids is 3. The molecule has 2 heterocycles. The lowest BCUT2D eigenvalue weighted by atomic mass is 9.90. The second-order valence-corrected chi connectivity index (χ2v) is 17.8. The van der Waals surface area contributed by atoms with Gasteiger partial charge in [-0.05, 0) is 85.8 Å². The van der Waals surface area contributed by atoms with Crippen LogP contribution in [0.1, 0.15) is 81.3 Å². The number of aromatic amines is 1. The molecule has 2 aliphatic rings. The van der Waals surface area contributed by atoms with Gasteiger partial charge in [0.05, 0.1) is 18.3 Å². The molecule has 73 heavy (non-hydrogen) atoms. The van der Waals surface area contributed by atoms with E-state index in [2.05, 4.69) is 41.9 Å². The number of benzene rings is 3. The van der Waals surface area contributed by atoms with Crippen LogP contribution in [-0.2, 0) is 40.0 Å². The van der Waals surface area contributed by atoms with Crippen LogP contribution in [0.25, 0.3) is 33.4 Å². The molecule has 0 radical (unpaired) electrons. The first-order valence-electron chi connectivity index (χ1n) is 23.0. The van der Waals surface area contributed by atoms with E-state index in [1.807, 2.05) is 0 Å². The second kappa shape index (κ2) is 26.2. The Morgan fingerprint density at radius 1 is 0.781 bits per heavy atom. The highest BCUT2D eigenvalue weighted by molar-refractivity contribution is 7.80. The topological polar surface area (TPSA) is 349 Å². The maximum atomic E-state index is 13.7. The zero-order valence-electron chi connectivity index (χ0n) is 39.6. The number of Topliss-reactive ketones (excluding diaryl/α,β-unsaturated/α-hetero) is 1. The van der Waals surface area contributed by atoms with Crippen molar-refractivity contribution in [3.63, 3.8) is 0 Å². The first kappa shape index (κ1) is 55.6. The number of hydrogen-bond acceptors (Lipinski definition) is 13. The number of ketones is 1. The van der Waals surface area contributed by atoms with Gasteiger partial charge < -0.3 is 61.7 Å². The summed E-state index contributed by atoms with van der Waals surface area (Å²) in [5.74, 6) is -8.69. The summed E-state index contributed by atoms with van der Waals surface area (Å²) in [4.78, 5) is 120. The number of hydrogen-bond donors (Lipinski definition) is 11. The van der Waals surface area contributed by atoms with Gasteiger partial charge in [-0.1, -0.05) is 26.3 Å². The van der Waals surface area contributed by atoms with Crippen LogP contribution >= 0.6 is 12.2 Å². The van der Waals surface area contributed by atoms with E-state index in [0.717, 1.165) is 0 Å². The van der Waals surface area contributed by atoms with Gasteiger partial charge in [-0.25, -0.2) is 14.2 Å². The smallest absolute Gasteiger partial charge is 0.336 e. The second-order valence-electron chi connectivity index (χ2n) is 17.4. The lowest BCUT2D eigenvalue weighted by Gasteiger charge is -2.26. The largest absolute Gasteiger partial charge is 0.508 e.